The van der Waals surface area contributed by atoms with Crippen molar-refractivity contribution in [3.8, 4) is 0 Å². The van der Waals surface area contributed by atoms with Gasteiger partial charge in [-0.15, -0.1) is 0 Å². The van der Waals surface area contributed by atoms with E-state index in [4.69, 9.17) is 5.73 Å². The minimum absolute atomic E-state index is 0.0228. The Morgan fingerprint density at radius 2 is 1.38 bits per heavy atom. The van der Waals surface area contributed by atoms with E-state index in [1.807, 2.05) is 91.0 Å². The number of nitrogens with two attached hydrogens (primary N) is 1. The first-order chi connectivity index (χ1) is 16.6. The number of aliphatic imine (C=N–C) groups is 1. The van der Waals surface area contributed by atoms with Crippen LogP contribution >= 0.6 is 0 Å². The molecule has 0 aliphatic rings. The van der Waals surface area contributed by atoms with Gasteiger partial charge in [0.1, 0.15) is 0 Å². The lowest BCUT2D eigenvalue weighted by Crippen LogP contribution is -2.43. The highest BCUT2D eigenvalue weighted by atomic mass is 16.2. The molecule has 0 bridgehead atoms. The lowest BCUT2D eigenvalue weighted by molar-refractivity contribution is -0.122. The molecule has 3 aromatic rings. The summed E-state index contributed by atoms with van der Waals surface area (Å²) in [7, 11) is 0. The number of carbonyl (C=O) groups excluding carboxylic acids is 2. The number of amides is 3. The summed E-state index contributed by atoms with van der Waals surface area (Å²) in [5.74, 6) is -0.249. The van der Waals surface area contributed by atoms with Crippen molar-refractivity contribution >= 4 is 17.9 Å². The molecule has 176 valence electrons. The number of hydrogen-bond donors (Lipinski definition) is 4. The molecule has 1 atom stereocenters. The van der Waals surface area contributed by atoms with Crippen LogP contribution in [-0.4, -0.2) is 31.0 Å². The smallest absolute Gasteiger partial charge is 0.321 e. The van der Waals surface area contributed by atoms with Crippen molar-refractivity contribution in [3.63, 3.8) is 0 Å². The topological polar surface area (TPSA) is 109 Å². The molecule has 0 saturated heterocycles. The maximum atomic E-state index is 12.9. The molecule has 0 aromatic heterocycles. The van der Waals surface area contributed by atoms with Crippen molar-refractivity contribution in [2.75, 3.05) is 13.1 Å². The number of urea groups is 1. The number of rotatable bonds is 10. The molecule has 3 amide bonds. The molecule has 0 radical (unpaired) electrons. The molecule has 1 unspecified atom stereocenters. The Balaban J connectivity index is 1.41. The largest absolute Gasteiger partial charge is 0.370 e. The predicted octanol–water partition coefficient (Wildman–Crippen LogP) is 3.33. The summed E-state index contributed by atoms with van der Waals surface area (Å²) in [6, 6.07) is 29.0. The zero-order valence-corrected chi connectivity index (χ0v) is 19.1. The summed E-state index contributed by atoms with van der Waals surface area (Å²) in [4.78, 5) is 29.0. The average Bonchev–Trinajstić information content (AvgIpc) is 2.87. The fraction of sp³-hybridized carbons (Fsp3) is 0.222. The molecular weight excluding hydrogens is 426 g/mol. The van der Waals surface area contributed by atoms with Crippen LogP contribution in [0, 0.1) is 0 Å². The molecule has 34 heavy (non-hydrogen) atoms. The van der Waals surface area contributed by atoms with E-state index in [9.17, 15) is 9.59 Å². The third-order valence-corrected chi connectivity index (χ3v) is 5.25. The van der Waals surface area contributed by atoms with E-state index in [2.05, 4.69) is 20.9 Å². The zero-order valence-electron chi connectivity index (χ0n) is 19.1. The van der Waals surface area contributed by atoms with Gasteiger partial charge < -0.3 is 16.4 Å². The molecule has 0 aliphatic heterocycles. The Labute approximate surface area is 200 Å². The van der Waals surface area contributed by atoms with Crippen LogP contribution in [-0.2, 0) is 17.8 Å². The summed E-state index contributed by atoms with van der Waals surface area (Å²) in [5.41, 5.74) is 8.87. The second-order valence-electron chi connectivity index (χ2n) is 7.86. The monoisotopic (exact) mass is 457 g/mol. The minimum atomic E-state index is -0.412. The van der Waals surface area contributed by atoms with Crippen molar-refractivity contribution in [2.45, 2.75) is 25.3 Å². The van der Waals surface area contributed by atoms with Gasteiger partial charge >= 0.3 is 6.03 Å². The van der Waals surface area contributed by atoms with Crippen LogP contribution in [0.5, 0.6) is 0 Å². The van der Waals surface area contributed by atoms with Gasteiger partial charge in [-0.05, 0) is 29.5 Å². The van der Waals surface area contributed by atoms with Gasteiger partial charge in [0.25, 0.3) is 0 Å². The van der Waals surface area contributed by atoms with E-state index in [1.165, 1.54) is 0 Å². The molecular formula is C27H31N5O2. The molecule has 7 nitrogen and oxygen atoms in total. The standard InChI is InChI=1S/C27H31N5O2/c28-26(32-27(34)31-20-22-13-6-2-7-14-22)30-18-10-17-29-25(33)24(23-15-8-3-9-16-23)19-21-11-4-1-5-12-21/h1-9,11-16,24H,10,17-20H2,(H,29,33)(H4,28,30,31,32,34). The van der Waals surface area contributed by atoms with Crippen LogP contribution in [0.15, 0.2) is 96.0 Å². The Kier molecular flexibility index (Phi) is 9.68. The van der Waals surface area contributed by atoms with Crippen LogP contribution in [0.3, 0.4) is 0 Å². The summed E-state index contributed by atoms with van der Waals surface area (Å²) in [6.45, 7) is 1.26. The molecule has 7 heteroatoms. The van der Waals surface area contributed by atoms with Gasteiger partial charge in [-0.3, -0.25) is 15.1 Å². The highest BCUT2D eigenvalue weighted by molar-refractivity contribution is 5.95. The van der Waals surface area contributed by atoms with Gasteiger partial charge in [0.2, 0.25) is 5.91 Å². The number of nitrogens with one attached hydrogen (secondary N) is 3. The quantitative estimate of drug-likeness (QED) is 0.213. The molecule has 3 aromatic carbocycles. The number of guanidine groups is 1. The first kappa shape index (κ1) is 24.5. The summed E-state index contributed by atoms with van der Waals surface area (Å²) < 4.78 is 0. The maximum absolute atomic E-state index is 12.9. The van der Waals surface area contributed by atoms with E-state index in [0.717, 1.165) is 16.7 Å². The fourth-order valence-corrected chi connectivity index (χ4v) is 3.49. The molecule has 0 spiro atoms. The first-order valence-corrected chi connectivity index (χ1v) is 11.4. The molecule has 0 aliphatic carbocycles. The highest BCUT2D eigenvalue weighted by Crippen LogP contribution is 2.21. The number of nitrogens with zero attached hydrogens (tertiary/aromatic N) is 1. The molecule has 0 saturated carbocycles. The van der Waals surface area contributed by atoms with Gasteiger partial charge in [0.05, 0.1) is 5.92 Å². The highest BCUT2D eigenvalue weighted by Gasteiger charge is 2.20. The van der Waals surface area contributed by atoms with Gasteiger partial charge in [-0.1, -0.05) is 91.0 Å². The third kappa shape index (κ3) is 8.43. The second-order valence-corrected chi connectivity index (χ2v) is 7.86. The molecule has 0 fully saturated rings. The first-order valence-electron chi connectivity index (χ1n) is 11.4. The Morgan fingerprint density at radius 3 is 2.03 bits per heavy atom. The number of carbonyl (C=O) groups is 2. The zero-order chi connectivity index (χ0) is 24.0. The molecule has 5 N–H and O–H groups in total. The van der Waals surface area contributed by atoms with Crippen molar-refractivity contribution in [1.29, 1.82) is 0 Å². The molecule has 3 rings (SSSR count). The van der Waals surface area contributed by atoms with Crippen LogP contribution in [0.4, 0.5) is 4.79 Å². The van der Waals surface area contributed by atoms with Crippen LogP contribution in [0.1, 0.15) is 29.0 Å². The lowest BCUT2D eigenvalue weighted by atomic mass is 9.91. The van der Waals surface area contributed by atoms with Crippen molar-refractivity contribution in [2.24, 2.45) is 10.7 Å². The average molecular weight is 458 g/mol. The third-order valence-electron chi connectivity index (χ3n) is 5.25. The number of hydrogen-bond acceptors (Lipinski definition) is 3. The van der Waals surface area contributed by atoms with Gasteiger partial charge in [0, 0.05) is 19.6 Å². The second kappa shape index (κ2) is 13.4. The van der Waals surface area contributed by atoms with E-state index in [0.29, 0.717) is 32.5 Å². The van der Waals surface area contributed by atoms with E-state index < -0.39 is 6.03 Å². The normalized spacial score (nSPS) is 11.9. The number of benzene rings is 3. The summed E-state index contributed by atoms with van der Waals surface area (Å²) >= 11 is 0. The van der Waals surface area contributed by atoms with Crippen molar-refractivity contribution in [3.05, 3.63) is 108 Å². The van der Waals surface area contributed by atoms with E-state index in [-0.39, 0.29) is 17.8 Å². The minimum Gasteiger partial charge on any atom is -0.370 e. The van der Waals surface area contributed by atoms with E-state index >= 15 is 0 Å². The summed E-state index contributed by atoms with van der Waals surface area (Å²) in [6.07, 6.45) is 1.23. The Bertz CT molecular complexity index is 1060. The van der Waals surface area contributed by atoms with E-state index in [1.54, 1.807) is 0 Å². The van der Waals surface area contributed by atoms with Crippen molar-refractivity contribution in [1.82, 2.24) is 16.0 Å². The maximum Gasteiger partial charge on any atom is 0.321 e. The predicted molar refractivity (Wildman–Crippen MR) is 135 cm³/mol. The van der Waals surface area contributed by atoms with Crippen LogP contribution in [0.25, 0.3) is 0 Å². The van der Waals surface area contributed by atoms with Gasteiger partial charge in [0.15, 0.2) is 5.96 Å². The molecule has 0 heterocycles. The van der Waals surface area contributed by atoms with Crippen LogP contribution < -0.4 is 21.7 Å². The van der Waals surface area contributed by atoms with Gasteiger partial charge in [-0.2, -0.15) is 0 Å². The SMILES string of the molecule is NC(=NCCCNC(=O)C(Cc1ccccc1)c1ccccc1)NC(=O)NCc1ccccc1. The van der Waals surface area contributed by atoms with Crippen LogP contribution in [0.2, 0.25) is 0 Å². The fourth-order valence-electron chi connectivity index (χ4n) is 3.49. The van der Waals surface area contributed by atoms with Crippen molar-refractivity contribution < 1.29 is 9.59 Å². The van der Waals surface area contributed by atoms with Gasteiger partial charge in [-0.25, -0.2) is 4.79 Å². The Hall–Kier alpha value is -4.13. The lowest BCUT2D eigenvalue weighted by Gasteiger charge is -2.17. The Morgan fingerprint density at radius 1 is 0.794 bits per heavy atom. The summed E-state index contributed by atoms with van der Waals surface area (Å²) in [5, 5.41) is 8.24.